The Balaban J connectivity index is 1.88. The molecule has 0 bridgehead atoms. The van der Waals surface area contributed by atoms with Gasteiger partial charge in [-0.3, -0.25) is 4.79 Å². The molecule has 0 saturated carbocycles. The first-order chi connectivity index (χ1) is 11.5. The Morgan fingerprint density at radius 2 is 1.96 bits per heavy atom. The molecule has 1 aromatic heterocycles. The topological polar surface area (TPSA) is 46.3 Å². The number of hydrogen-bond acceptors (Lipinski definition) is 3. The molecule has 0 fully saturated rings. The molecule has 0 saturated heterocycles. The zero-order valence-electron chi connectivity index (χ0n) is 13.7. The predicted molar refractivity (Wildman–Crippen MR) is 95.0 cm³/mol. The fourth-order valence-corrected chi connectivity index (χ4v) is 2.85. The van der Waals surface area contributed by atoms with Crippen molar-refractivity contribution in [3.63, 3.8) is 0 Å². The lowest BCUT2D eigenvalue weighted by atomic mass is 10.1. The monoisotopic (exact) mass is 342 g/mol. The number of hydrogen-bond donors (Lipinski definition) is 0. The molecule has 0 aliphatic rings. The summed E-state index contributed by atoms with van der Waals surface area (Å²) in [6.45, 7) is 5.46. The van der Waals surface area contributed by atoms with Crippen molar-refractivity contribution in [2.45, 2.75) is 20.4 Å². The second-order valence-electron chi connectivity index (χ2n) is 6.21. The SMILES string of the molecule is CC(C)CN(Cc1ccccc1)C(=O)c1ccc2nc(Cl)oc2c1. The van der Waals surface area contributed by atoms with Gasteiger partial charge in [-0.25, -0.2) is 0 Å². The van der Waals surface area contributed by atoms with Crippen LogP contribution in [0.3, 0.4) is 0 Å². The second-order valence-corrected chi connectivity index (χ2v) is 6.54. The Bertz CT molecular complexity index is 843. The van der Waals surface area contributed by atoms with Crippen molar-refractivity contribution in [3.8, 4) is 0 Å². The summed E-state index contributed by atoms with van der Waals surface area (Å²) in [6.07, 6.45) is 0. The third-order valence-electron chi connectivity index (χ3n) is 3.70. The second kappa shape index (κ2) is 7.05. The highest BCUT2D eigenvalue weighted by Gasteiger charge is 2.18. The minimum atomic E-state index is -0.0259. The normalized spacial score (nSPS) is 11.2. The fraction of sp³-hybridized carbons (Fsp3) is 0.263. The van der Waals surface area contributed by atoms with Crippen molar-refractivity contribution in [1.29, 1.82) is 0 Å². The van der Waals surface area contributed by atoms with Gasteiger partial charge in [0.2, 0.25) is 0 Å². The molecule has 3 rings (SSSR count). The van der Waals surface area contributed by atoms with Crippen LogP contribution >= 0.6 is 11.6 Å². The predicted octanol–water partition coefficient (Wildman–Crippen LogP) is 4.78. The van der Waals surface area contributed by atoms with Gasteiger partial charge in [0.1, 0.15) is 5.52 Å². The molecule has 0 radical (unpaired) electrons. The number of fused-ring (bicyclic) bond motifs is 1. The number of oxazole rings is 1. The van der Waals surface area contributed by atoms with Gasteiger partial charge in [-0.15, -0.1) is 0 Å². The molecule has 1 heterocycles. The maximum atomic E-state index is 13.0. The summed E-state index contributed by atoms with van der Waals surface area (Å²) in [5.74, 6) is 0.350. The van der Waals surface area contributed by atoms with E-state index in [4.69, 9.17) is 16.0 Å². The molecule has 2 aromatic carbocycles. The van der Waals surface area contributed by atoms with Crippen LogP contribution in [0.1, 0.15) is 29.8 Å². The van der Waals surface area contributed by atoms with Crippen molar-refractivity contribution in [1.82, 2.24) is 9.88 Å². The smallest absolute Gasteiger partial charge is 0.293 e. The number of nitrogens with zero attached hydrogens (tertiary/aromatic N) is 2. The van der Waals surface area contributed by atoms with E-state index in [2.05, 4.69) is 18.8 Å². The highest BCUT2D eigenvalue weighted by molar-refractivity contribution is 6.28. The van der Waals surface area contributed by atoms with Gasteiger partial charge in [0.05, 0.1) is 0 Å². The highest BCUT2D eigenvalue weighted by Crippen LogP contribution is 2.21. The Hall–Kier alpha value is -2.33. The van der Waals surface area contributed by atoms with Gasteiger partial charge in [0.15, 0.2) is 5.58 Å². The molecular weight excluding hydrogens is 324 g/mol. The molecule has 4 nitrogen and oxygen atoms in total. The molecule has 0 unspecified atom stereocenters. The number of aromatic nitrogens is 1. The first kappa shape index (κ1) is 16.5. The van der Waals surface area contributed by atoms with E-state index in [-0.39, 0.29) is 11.3 Å². The van der Waals surface area contributed by atoms with Gasteiger partial charge in [0, 0.05) is 18.7 Å². The standard InChI is InChI=1S/C19H19ClN2O2/c1-13(2)11-22(12-14-6-4-3-5-7-14)18(23)15-8-9-16-17(10-15)24-19(20)21-16/h3-10,13H,11-12H2,1-2H3. The minimum absolute atomic E-state index is 0.0259. The van der Waals surface area contributed by atoms with E-state index in [1.165, 1.54) is 0 Å². The van der Waals surface area contributed by atoms with Crippen molar-refractivity contribution < 1.29 is 9.21 Å². The lowest BCUT2D eigenvalue weighted by Gasteiger charge is -2.25. The molecule has 0 spiro atoms. The molecule has 0 atom stereocenters. The van der Waals surface area contributed by atoms with Crippen LogP contribution in [0.4, 0.5) is 0 Å². The number of rotatable bonds is 5. The number of halogens is 1. The maximum absolute atomic E-state index is 13.0. The van der Waals surface area contributed by atoms with Crippen LogP contribution in [0.25, 0.3) is 11.1 Å². The van der Waals surface area contributed by atoms with E-state index in [1.54, 1.807) is 18.2 Å². The van der Waals surface area contributed by atoms with Crippen LogP contribution in [0.2, 0.25) is 5.35 Å². The first-order valence-electron chi connectivity index (χ1n) is 7.92. The first-order valence-corrected chi connectivity index (χ1v) is 8.30. The molecule has 24 heavy (non-hydrogen) atoms. The average molecular weight is 343 g/mol. The van der Waals surface area contributed by atoms with Crippen LogP contribution in [-0.4, -0.2) is 22.3 Å². The van der Waals surface area contributed by atoms with Gasteiger partial charge in [-0.05, 0) is 41.3 Å². The Morgan fingerprint density at radius 1 is 1.21 bits per heavy atom. The molecule has 3 aromatic rings. The molecule has 0 aliphatic heterocycles. The Kier molecular flexibility index (Phi) is 4.86. The van der Waals surface area contributed by atoms with E-state index in [9.17, 15) is 4.79 Å². The lowest BCUT2D eigenvalue weighted by molar-refractivity contribution is 0.0722. The van der Waals surface area contributed by atoms with Crippen molar-refractivity contribution >= 4 is 28.6 Å². The third kappa shape index (κ3) is 3.77. The summed E-state index contributed by atoms with van der Waals surface area (Å²) >= 11 is 5.78. The molecular formula is C19H19ClN2O2. The van der Waals surface area contributed by atoms with E-state index >= 15 is 0 Å². The molecule has 5 heteroatoms. The van der Waals surface area contributed by atoms with E-state index in [1.807, 2.05) is 35.2 Å². The van der Waals surface area contributed by atoms with Gasteiger partial charge >= 0.3 is 0 Å². The van der Waals surface area contributed by atoms with Gasteiger partial charge < -0.3 is 9.32 Å². The molecule has 1 amide bonds. The maximum Gasteiger partial charge on any atom is 0.293 e. The van der Waals surface area contributed by atoms with E-state index in [0.717, 1.165) is 5.56 Å². The zero-order chi connectivity index (χ0) is 17.1. The van der Waals surface area contributed by atoms with Crippen LogP contribution in [-0.2, 0) is 6.54 Å². The fourth-order valence-electron chi connectivity index (χ4n) is 2.68. The van der Waals surface area contributed by atoms with Crippen molar-refractivity contribution in [2.75, 3.05) is 6.54 Å². The van der Waals surface area contributed by atoms with Crippen LogP contribution in [0, 0.1) is 5.92 Å². The number of amides is 1. The summed E-state index contributed by atoms with van der Waals surface area (Å²) in [5.41, 5.74) is 2.85. The summed E-state index contributed by atoms with van der Waals surface area (Å²) in [6, 6.07) is 15.2. The number of carbonyl (C=O) groups excluding carboxylic acids is 1. The van der Waals surface area contributed by atoms with Crippen LogP contribution in [0.5, 0.6) is 0 Å². The molecule has 0 aliphatic carbocycles. The minimum Gasteiger partial charge on any atom is -0.428 e. The number of benzene rings is 2. The summed E-state index contributed by atoms with van der Waals surface area (Å²) in [4.78, 5) is 18.9. The van der Waals surface area contributed by atoms with Crippen molar-refractivity contribution in [2.24, 2.45) is 5.92 Å². The Labute approximate surface area is 146 Å². The lowest BCUT2D eigenvalue weighted by Crippen LogP contribution is -2.33. The molecule has 124 valence electrons. The largest absolute Gasteiger partial charge is 0.428 e. The molecule has 0 N–H and O–H groups in total. The number of carbonyl (C=O) groups is 1. The van der Waals surface area contributed by atoms with Crippen LogP contribution in [0.15, 0.2) is 52.9 Å². The summed E-state index contributed by atoms with van der Waals surface area (Å²) in [7, 11) is 0. The van der Waals surface area contributed by atoms with Crippen molar-refractivity contribution in [3.05, 3.63) is 65.0 Å². The average Bonchev–Trinajstić information content (AvgIpc) is 2.93. The van der Waals surface area contributed by atoms with Gasteiger partial charge in [0.25, 0.3) is 11.3 Å². The summed E-state index contributed by atoms with van der Waals surface area (Å²) in [5, 5.41) is 0.0814. The summed E-state index contributed by atoms with van der Waals surface area (Å²) < 4.78 is 5.32. The van der Waals surface area contributed by atoms with Gasteiger partial charge in [-0.2, -0.15) is 4.98 Å². The third-order valence-corrected chi connectivity index (χ3v) is 3.86. The highest BCUT2D eigenvalue weighted by atomic mass is 35.5. The Morgan fingerprint density at radius 3 is 2.67 bits per heavy atom. The van der Waals surface area contributed by atoms with Crippen LogP contribution < -0.4 is 0 Å². The van der Waals surface area contributed by atoms with Gasteiger partial charge in [-0.1, -0.05) is 44.2 Å². The van der Waals surface area contributed by atoms with E-state index < -0.39 is 0 Å². The zero-order valence-corrected chi connectivity index (χ0v) is 14.5. The van der Waals surface area contributed by atoms with E-state index in [0.29, 0.717) is 35.7 Å². The quantitative estimate of drug-likeness (QED) is 0.670.